The second-order valence-electron chi connectivity index (χ2n) is 5.18. The van der Waals surface area contributed by atoms with Gasteiger partial charge in [-0.15, -0.1) is 0 Å². The van der Waals surface area contributed by atoms with Crippen molar-refractivity contribution in [1.29, 1.82) is 0 Å². The van der Waals surface area contributed by atoms with E-state index in [0.717, 1.165) is 24.8 Å². The minimum Gasteiger partial charge on any atom is -0.479 e. The first-order chi connectivity index (χ1) is 9.67. The zero-order valence-electron chi connectivity index (χ0n) is 12.6. The molecule has 0 saturated carbocycles. The normalized spacial score (nSPS) is 12.3. The second-order valence-corrected chi connectivity index (χ2v) is 5.18. The number of hydrogen-bond acceptors (Lipinski definition) is 2. The Bertz CT molecular complexity index is 384. The third-order valence-electron chi connectivity index (χ3n) is 3.36. The van der Waals surface area contributed by atoms with Gasteiger partial charge >= 0.3 is 5.97 Å². The fourth-order valence-corrected chi connectivity index (χ4v) is 2.02. The van der Waals surface area contributed by atoms with E-state index in [1.54, 1.807) is 0 Å². The summed E-state index contributed by atoms with van der Waals surface area (Å²) in [5.74, 6) is -0.879. The van der Waals surface area contributed by atoms with Crippen molar-refractivity contribution in [2.75, 3.05) is 6.61 Å². The standard InChI is InChI=1S/C17H26O3/c1-3-5-7-14-8-10-15(11-9-14)13-16(17(18)19)20-12-6-4-2/h8-11,16H,3-7,12-13H2,1-2H3,(H,18,19). The molecule has 0 spiro atoms. The van der Waals surface area contributed by atoms with Crippen molar-refractivity contribution in [3.05, 3.63) is 35.4 Å². The molecular weight excluding hydrogens is 252 g/mol. The van der Waals surface area contributed by atoms with E-state index in [9.17, 15) is 9.90 Å². The van der Waals surface area contributed by atoms with Crippen LogP contribution in [0.1, 0.15) is 50.7 Å². The van der Waals surface area contributed by atoms with Crippen LogP contribution >= 0.6 is 0 Å². The Balaban J connectivity index is 2.52. The molecular formula is C17H26O3. The van der Waals surface area contributed by atoms with Gasteiger partial charge in [-0.25, -0.2) is 4.79 Å². The molecule has 0 amide bonds. The molecule has 20 heavy (non-hydrogen) atoms. The molecule has 0 aromatic heterocycles. The smallest absolute Gasteiger partial charge is 0.333 e. The molecule has 1 aromatic carbocycles. The first kappa shape index (κ1) is 16.7. The molecule has 1 N–H and O–H groups in total. The molecule has 3 heteroatoms. The summed E-state index contributed by atoms with van der Waals surface area (Å²) >= 11 is 0. The molecule has 0 saturated heterocycles. The van der Waals surface area contributed by atoms with Crippen LogP contribution in [-0.4, -0.2) is 23.8 Å². The van der Waals surface area contributed by atoms with E-state index < -0.39 is 12.1 Å². The van der Waals surface area contributed by atoms with Gasteiger partial charge in [0.15, 0.2) is 6.10 Å². The summed E-state index contributed by atoms with van der Waals surface area (Å²) in [6.45, 7) is 4.76. The maximum absolute atomic E-state index is 11.2. The van der Waals surface area contributed by atoms with Crippen LogP contribution in [0.2, 0.25) is 0 Å². The Morgan fingerprint density at radius 1 is 1.10 bits per heavy atom. The number of benzene rings is 1. The van der Waals surface area contributed by atoms with Gasteiger partial charge in [0.05, 0.1) is 0 Å². The van der Waals surface area contributed by atoms with Gasteiger partial charge in [0.1, 0.15) is 0 Å². The number of carboxylic acid groups (broad SMARTS) is 1. The molecule has 1 aromatic rings. The first-order valence-corrected chi connectivity index (χ1v) is 7.59. The Kier molecular flexibility index (Phi) is 7.97. The van der Waals surface area contributed by atoms with Crippen molar-refractivity contribution in [1.82, 2.24) is 0 Å². The van der Waals surface area contributed by atoms with Crippen LogP contribution in [0.3, 0.4) is 0 Å². The molecule has 0 radical (unpaired) electrons. The molecule has 0 fully saturated rings. The molecule has 0 aliphatic heterocycles. The molecule has 1 rings (SSSR count). The predicted octanol–water partition coefficient (Wildman–Crippen LogP) is 3.84. The van der Waals surface area contributed by atoms with Crippen LogP contribution in [0, 0.1) is 0 Å². The van der Waals surface area contributed by atoms with Gasteiger partial charge in [-0.2, -0.15) is 0 Å². The van der Waals surface area contributed by atoms with Crippen molar-refractivity contribution < 1.29 is 14.6 Å². The van der Waals surface area contributed by atoms with E-state index in [1.165, 1.54) is 18.4 Å². The lowest BCUT2D eigenvalue weighted by Gasteiger charge is -2.13. The van der Waals surface area contributed by atoms with Crippen molar-refractivity contribution in [3.63, 3.8) is 0 Å². The zero-order valence-corrected chi connectivity index (χ0v) is 12.6. The SMILES string of the molecule is CCCCOC(Cc1ccc(CCCC)cc1)C(=O)O. The summed E-state index contributed by atoms with van der Waals surface area (Å²) in [7, 11) is 0. The number of unbranched alkanes of at least 4 members (excludes halogenated alkanes) is 2. The van der Waals surface area contributed by atoms with Crippen molar-refractivity contribution in [3.8, 4) is 0 Å². The Morgan fingerprint density at radius 3 is 2.25 bits per heavy atom. The second kappa shape index (κ2) is 9.54. The van der Waals surface area contributed by atoms with Gasteiger partial charge in [-0.3, -0.25) is 0 Å². The zero-order chi connectivity index (χ0) is 14.8. The van der Waals surface area contributed by atoms with Crippen LogP contribution in [-0.2, 0) is 22.4 Å². The number of ether oxygens (including phenoxy) is 1. The Morgan fingerprint density at radius 2 is 1.70 bits per heavy atom. The van der Waals surface area contributed by atoms with E-state index in [4.69, 9.17) is 4.74 Å². The third kappa shape index (κ3) is 6.20. The molecule has 1 unspecified atom stereocenters. The van der Waals surface area contributed by atoms with E-state index in [2.05, 4.69) is 26.0 Å². The average Bonchev–Trinajstić information content (AvgIpc) is 2.45. The van der Waals surface area contributed by atoms with Gasteiger partial charge in [-0.05, 0) is 30.4 Å². The lowest BCUT2D eigenvalue weighted by molar-refractivity contribution is -0.150. The maximum Gasteiger partial charge on any atom is 0.333 e. The number of aryl methyl sites for hydroxylation is 1. The van der Waals surface area contributed by atoms with Crippen molar-refractivity contribution >= 4 is 5.97 Å². The van der Waals surface area contributed by atoms with E-state index in [-0.39, 0.29) is 0 Å². The van der Waals surface area contributed by atoms with Gasteiger partial charge in [0, 0.05) is 13.0 Å². The van der Waals surface area contributed by atoms with Gasteiger partial charge < -0.3 is 9.84 Å². The van der Waals surface area contributed by atoms with Crippen LogP contribution in [0.4, 0.5) is 0 Å². The molecule has 0 aliphatic carbocycles. The van der Waals surface area contributed by atoms with Crippen LogP contribution in [0.25, 0.3) is 0 Å². The monoisotopic (exact) mass is 278 g/mol. The van der Waals surface area contributed by atoms with Gasteiger partial charge in [0.25, 0.3) is 0 Å². The van der Waals surface area contributed by atoms with E-state index >= 15 is 0 Å². The number of rotatable bonds is 10. The largest absolute Gasteiger partial charge is 0.479 e. The molecule has 112 valence electrons. The molecule has 0 heterocycles. The van der Waals surface area contributed by atoms with Crippen LogP contribution < -0.4 is 0 Å². The molecule has 0 bridgehead atoms. The lowest BCUT2D eigenvalue weighted by Crippen LogP contribution is -2.26. The maximum atomic E-state index is 11.2. The number of carbonyl (C=O) groups is 1. The minimum absolute atomic E-state index is 0.438. The highest BCUT2D eigenvalue weighted by Crippen LogP contribution is 2.11. The fourth-order valence-electron chi connectivity index (χ4n) is 2.02. The lowest BCUT2D eigenvalue weighted by atomic mass is 10.0. The van der Waals surface area contributed by atoms with Crippen molar-refractivity contribution in [2.24, 2.45) is 0 Å². The summed E-state index contributed by atoms with van der Waals surface area (Å²) in [6.07, 6.45) is 5.09. The summed E-state index contributed by atoms with van der Waals surface area (Å²) < 4.78 is 5.44. The summed E-state index contributed by atoms with van der Waals surface area (Å²) in [5, 5.41) is 9.18. The van der Waals surface area contributed by atoms with Crippen molar-refractivity contribution in [2.45, 2.75) is 58.5 Å². The molecule has 1 atom stereocenters. The third-order valence-corrected chi connectivity index (χ3v) is 3.36. The highest BCUT2D eigenvalue weighted by Gasteiger charge is 2.18. The minimum atomic E-state index is -0.879. The van der Waals surface area contributed by atoms with Crippen LogP contribution in [0.5, 0.6) is 0 Å². The highest BCUT2D eigenvalue weighted by atomic mass is 16.5. The first-order valence-electron chi connectivity index (χ1n) is 7.59. The Labute approximate surface area is 122 Å². The Hall–Kier alpha value is -1.35. The topological polar surface area (TPSA) is 46.5 Å². The number of aliphatic carboxylic acids is 1. The average molecular weight is 278 g/mol. The quantitative estimate of drug-likeness (QED) is 0.661. The van der Waals surface area contributed by atoms with Crippen LogP contribution in [0.15, 0.2) is 24.3 Å². The highest BCUT2D eigenvalue weighted by molar-refractivity contribution is 5.72. The van der Waals surface area contributed by atoms with E-state index in [1.807, 2.05) is 12.1 Å². The number of hydrogen-bond donors (Lipinski definition) is 1. The predicted molar refractivity (Wildman–Crippen MR) is 81.0 cm³/mol. The molecule has 0 aliphatic rings. The number of carboxylic acids is 1. The fraction of sp³-hybridized carbons (Fsp3) is 0.588. The van der Waals surface area contributed by atoms with Gasteiger partial charge in [0.2, 0.25) is 0 Å². The summed E-state index contributed by atoms with van der Waals surface area (Å²) in [4.78, 5) is 11.2. The molecule has 3 nitrogen and oxygen atoms in total. The van der Waals surface area contributed by atoms with Gasteiger partial charge in [-0.1, -0.05) is 51.0 Å². The summed E-state index contributed by atoms with van der Waals surface area (Å²) in [6, 6.07) is 8.22. The van der Waals surface area contributed by atoms with E-state index in [0.29, 0.717) is 13.0 Å². The summed E-state index contributed by atoms with van der Waals surface area (Å²) in [5.41, 5.74) is 2.34.